The minimum atomic E-state index is 0.602. The van der Waals surface area contributed by atoms with Gasteiger partial charge in [-0.25, -0.2) is 9.97 Å². The topological polar surface area (TPSA) is 61.6 Å². The third kappa shape index (κ3) is 2.37. The summed E-state index contributed by atoms with van der Waals surface area (Å²) >= 11 is 0. The summed E-state index contributed by atoms with van der Waals surface area (Å²) in [4.78, 5) is 8.39. The third-order valence-corrected chi connectivity index (χ3v) is 3.91. The molecule has 0 spiro atoms. The molecule has 1 N–H and O–H groups in total. The minimum Gasteiger partial charge on any atom is -0.276 e. The van der Waals surface area contributed by atoms with E-state index in [2.05, 4.69) is 27.4 Å². The van der Waals surface area contributed by atoms with Crippen LogP contribution in [0.2, 0.25) is 0 Å². The number of nitriles is 1. The summed E-state index contributed by atoms with van der Waals surface area (Å²) < 4.78 is 0. The van der Waals surface area contributed by atoms with Crippen molar-refractivity contribution in [3.63, 3.8) is 0 Å². The van der Waals surface area contributed by atoms with Crippen molar-refractivity contribution in [1.29, 1.82) is 5.26 Å². The van der Waals surface area contributed by atoms with Gasteiger partial charge in [0.2, 0.25) is 0 Å². The Kier molecular flexibility index (Phi) is 3.28. The number of nitrogens with one attached hydrogen (secondary N) is 1. The maximum atomic E-state index is 8.78. The highest BCUT2D eigenvalue weighted by molar-refractivity contribution is 5.89. The van der Waals surface area contributed by atoms with Crippen LogP contribution < -0.4 is 5.32 Å². The van der Waals surface area contributed by atoms with Crippen LogP contribution in [-0.2, 0) is 0 Å². The summed E-state index contributed by atoms with van der Waals surface area (Å²) in [5, 5.41) is 12.3. The Morgan fingerprint density at radius 1 is 1.16 bits per heavy atom. The molecule has 0 aliphatic heterocycles. The van der Waals surface area contributed by atoms with E-state index in [1.165, 1.54) is 44.0 Å². The maximum absolute atomic E-state index is 8.78. The van der Waals surface area contributed by atoms with Gasteiger partial charge in [0.05, 0.1) is 5.52 Å². The van der Waals surface area contributed by atoms with Gasteiger partial charge in [-0.05, 0) is 36.5 Å². The SMILES string of the molecule is N#CNc1ncnc2ccc(C3CCCCC3)cc12. The van der Waals surface area contributed by atoms with E-state index in [0.29, 0.717) is 11.7 Å². The van der Waals surface area contributed by atoms with Gasteiger partial charge in [-0.15, -0.1) is 0 Å². The molecule has 0 amide bonds. The fraction of sp³-hybridized carbons (Fsp3) is 0.400. The quantitative estimate of drug-likeness (QED) is 0.655. The van der Waals surface area contributed by atoms with Crippen molar-refractivity contribution in [1.82, 2.24) is 9.97 Å². The Balaban J connectivity index is 2.03. The Hall–Kier alpha value is -2.15. The number of benzene rings is 1. The summed E-state index contributed by atoms with van der Waals surface area (Å²) in [6.07, 6.45) is 9.94. The molecule has 0 atom stereocenters. The second-order valence-electron chi connectivity index (χ2n) is 5.07. The fourth-order valence-corrected chi connectivity index (χ4v) is 2.92. The van der Waals surface area contributed by atoms with Crippen molar-refractivity contribution in [2.24, 2.45) is 0 Å². The van der Waals surface area contributed by atoms with Crippen LogP contribution in [0.3, 0.4) is 0 Å². The number of anilines is 1. The monoisotopic (exact) mass is 252 g/mol. The maximum Gasteiger partial charge on any atom is 0.182 e. The first kappa shape index (κ1) is 11.9. The number of rotatable bonds is 2. The number of hydrogen-bond acceptors (Lipinski definition) is 4. The highest BCUT2D eigenvalue weighted by Crippen LogP contribution is 2.34. The highest BCUT2D eigenvalue weighted by atomic mass is 15.0. The Bertz CT molecular complexity index is 624. The van der Waals surface area contributed by atoms with Gasteiger partial charge >= 0.3 is 0 Å². The molecular formula is C15H16N4. The zero-order valence-corrected chi connectivity index (χ0v) is 10.8. The number of nitrogens with zero attached hydrogens (tertiary/aromatic N) is 3. The highest BCUT2D eigenvalue weighted by Gasteiger charge is 2.16. The van der Waals surface area contributed by atoms with E-state index < -0.39 is 0 Å². The van der Waals surface area contributed by atoms with E-state index in [9.17, 15) is 0 Å². The van der Waals surface area contributed by atoms with Gasteiger partial charge in [-0.3, -0.25) is 5.32 Å². The van der Waals surface area contributed by atoms with E-state index in [1.54, 1.807) is 0 Å². The average molecular weight is 252 g/mol. The van der Waals surface area contributed by atoms with Crippen LogP contribution in [0.25, 0.3) is 10.9 Å². The molecule has 0 radical (unpaired) electrons. The van der Waals surface area contributed by atoms with Crippen LogP contribution >= 0.6 is 0 Å². The van der Waals surface area contributed by atoms with Crippen molar-refractivity contribution in [2.75, 3.05) is 5.32 Å². The summed E-state index contributed by atoms with van der Waals surface area (Å²) in [5.41, 5.74) is 2.23. The van der Waals surface area contributed by atoms with Crippen LogP contribution in [0.4, 0.5) is 5.82 Å². The minimum absolute atomic E-state index is 0.602. The van der Waals surface area contributed by atoms with Gasteiger partial charge in [-0.2, -0.15) is 5.26 Å². The van der Waals surface area contributed by atoms with Gasteiger partial charge in [0, 0.05) is 5.39 Å². The summed E-state index contributed by atoms with van der Waals surface area (Å²) in [7, 11) is 0. The standard InChI is InChI=1S/C15H16N4/c16-9-17-15-13-8-12(11-4-2-1-3-5-11)6-7-14(13)18-10-19-15/h6-8,10-11H,1-5H2,(H,17,18,19). The zero-order chi connectivity index (χ0) is 13.1. The first-order valence-electron chi connectivity index (χ1n) is 6.78. The van der Waals surface area contributed by atoms with E-state index in [0.717, 1.165) is 10.9 Å². The van der Waals surface area contributed by atoms with E-state index in [-0.39, 0.29) is 0 Å². The summed E-state index contributed by atoms with van der Waals surface area (Å²) in [6, 6.07) is 6.34. The molecular weight excluding hydrogens is 236 g/mol. The lowest BCUT2D eigenvalue weighted by atomic mass is 9.84. The molecule has 0 saturated heterocycles. The second-order valence-corrected chi connectivity index (χ2v) is 5.07. The molecule has 3 rings (SSSR count). The molecule has 96 valence electrons. The molecule has 0 unspecified atom stereocenters. The van der Waals surface area contributed by atoms with Crippen molar-refractivity contribution >= 4 is 16.7 Å². The molecule has 0 bridgehead atoms. The molecule has 1 saturated carbocycles. The number of aromatic nitrogens is 2. The largest absolute Gasteiger partial charge is 0.276 e. The van der Waals surface area contributed by atoms with E-state index >= 15 is 0 Å². The normalized spacial score (nSPS) is 16.2. The van der Waals surface area contributed by atoms with E-state index in [4.69, 9.17) is 5.26 Å². The summed E-state index contributed by atoms with van der Waals surface area (Å²) in [5.74, 6) is 1.25. The van der Waals surface area contributed by atoms with Crippen molar-refractivity contribution in [2.45, 2.75) is 38.0 Å². The van der Waals surface area contributed by atoms with Crippen LogP contribution in [-0.4, -0.2) is 9.97 Å². The van der Waals surface area contributed by atoms with Crippen molar-refractivity contribution < 1.29 is 0 Å². The Morgan fingerprint density at radius 2 is 2.00 bits per heavy atom. The molecule has 1 heterocycles. The van der Waals surface area contributed by atoms with Gasteiger partial charge in [0.15, 0.2) is 6.19 Å². The molecule has 1 aliphatic carbocycles. The molecule has 1 aromatic heterocycles. The second kappa shape index (κ2) is 5.23. The Morgan fingerprint density at radius 3 is 2.79 bits per heavy atom. The molecule has 1 fully saturated rings. The van der Waals surface area contributed by atoms with Crippen LogP contribution in [0.15, 0.2) is 24.5 Å². The predicted molar refractivity (Wildman–Crippen MR) is 74.6 cm³/mol. The third-order valence-electron chi connectivity index (χ3n) is 3.91. The van der Waals surface area contributed by atoms with Gasteiger partial charge in [-0.1, -0.05) is 25.3 Å². The van der Waals surface area contributed by atoms with Crippen LogP contribution in [0.1, 0.15) is 43.6 Å². The van der Waals surface area contributed by atoms with E-state index in [1.807, 2.05) is 12.3 Å². The smallest absolute Gasteiger partial charge is 0.182 e. The lowest BCUT2D eigenvalue weighted by Crippen LogP contribution is -2.04. The van der Waals surface area contributed by atoms with Crippen molar-refractivity contribution in [3.05, 3.63) is 30.1 Å². The van der Waals surface area contributed by atoms with Gasteiger partial charge in [0.1, 0.15) is 12.1 Å². The first-order valence-corrected chi connectivity index (χ1v) is 6.78. The van der Waals surface area contributed by atoms with Gasteiger partial charge in [0.25, 0.3) is 0 Å². The molecule has 4 heteroatoms. The zero-order valence-electron chi connectivity index (χ0n) is 10.8. The van der Waals surface area contributed by atoms with Crippen LogP contribution in [0, 0.1) is 11.5 Å². The Labute approximate surface area is 112 Å². The van der Waals surface area contributed by atoms with Crippen molar-refractivity contribution in [3.8, 4) is 6.19 Å². The lowest BCUT2D eigenvalue weighted by molar-refractivity contribution is 0.444. The molecule has 19 heavy (non-hydrogen) atoms. The number of fused-ring (bicyclic) bond motifs is 1. The van der Waals surface area contributed by atoms with Crippen LogP contribution in [0.5, 0.6) is 0 Å². The predicted octanol–water partition coefficient (Wildman–Crippen LogP) is 3.57. The fourth-order valence-electron chi connectivity index (χ4n) is 2.92. The molecule has 4 nitrogen and oxygen atoms in total. The molecule has 1 aromatic carbocycles. The first-order chi connectivity index (χ1) is 9.38. The molecule has 1 aliphatic rings. The lowest BCUT2D eigenvalue weighted by Gasteiger charge is -2.22. The summed E-state index contributed by atoms with van der Waals surface area (Å²) in [6.45, 7) is 0. The van der Waals surface area contributed by atoms with Gasteiger partial charge < -0.3 is 0 Å². The number of hydrogen-bond donors (Lipinski definition) is 1. The molecule has 2 aromatic rings. The average Bonchev–Trinajstić information content (AvgIpc) is 2.48.